The first kappa shape index (κ1) is 21.1. The molecule has 3 heterocycles. The van der Waals surface area contributed by atoms with Crippen LogP contribution in [0.2, 0.25) is 0 Å². The molecule has 2 N–H and O–H groups in total. The molecule has 7 nitrogen and oxygen atoms in total. The van der Waals surface area contributed by atoms with E-state index >= 15 is 0 Å². The van der Waals surface area contributed by atoms with Crippen LogP contribution in [0.5, 0.6) is 0 Å². The summed E-state index contributed by atoms with van der Waals surface area (Å²) in [5.41, 5.74) is 2.44. The third-order valence-electron chi connectivity index (χ3n) is 5.62. The largest absolute Gasteiger partial charge is 0.357 e. The van der Waals surface area contributed by atoms with Gasteiger partial charge in [-0.2, -0.15) is 0 Å². The fourth-order valence-electron chi connectivity index (χ4n) is 3.98. The van der Waals surface area contributed by atoms with Gasteiger partial charge in [0.05, 0.1) is 6.54 Å². The summed E-state index contributed by atoms with van der Waals surface area (Å²) in [7, 11) is 0. The summed E-state index contributed by atoms with van der Waals surface area (Å²) in [5.74, 6) is 1.72. The highest BCUT2D eigenvalue weighted by molar-refractivity contribution is 5.80. The fourth-order valence-corrected chi connectivity index (χ4v) is 3.98. The van der Waals surface area contributed by atoms with Crippen LogP contribution < -0.4 is 10.6 Å². The Bertz CT molecular complexity index is 951. The van der Waals surface area contributed by atoms with E-state index in [1.807, 2.05) is 23.0 Å². The molecule has 1 aromatic carbocycles. The van der Waals surface area contributed by atoms with Crippen molar-refractivity contribution >= 4 is 5.96 Å². The van der Waals surface area contributed by atoms with E-state index in [-0.39, 0.29) is 0 Å². The van der Waals surface area contributed by atoms with Crippen molar-refractivity contribution < 1.29 is 0 Å². The Morgan fingerprint density at radius 1 is 1.16 bits per heavy atom. The molecule has 1 saturated heterocycles. The standard InChI is InChI=1S/C24H31N7/c1-3-26-24(28-15-21-9-10-23(27-14-21)30-12-11-25-18-30)29-22-13-19(2)31(17-22)16-20-7-5-4-6-8-20/h4-12,14,18-19,22H,3,13,15-17H2,1-2H3,(H2,26,28,29). The third-order valence-corrected chi connectivity index (χ3v) is 5.62. The van der Waals surface area contributed by atoms with E-state index in [4.69, 9.17) is 4.99 Å². The molecule has 1 fully saturated rings. The van der Waals surface area contributed by atoms with Crippen molar-refractivity contribution in [2.75, 3.05) is 13.1 Å². The third kappa shape index (κ3) is 5.70. The zero-order valence-electron chi connectivity index (χ0n) is 18.3. The van der Waals surface area contributed by atoms with Crippen molar-refractivity contribution in [1.82, 2.24) is 30.1 Å². The highest BCUT2D eigenvalue weighted by Crippen LogP contribution is 2.20. The lowest BCUT2D eigenvalue weighted by molar-refractivity contribution is 0.258. The van der Waals surface area contributed by atoms with Crippen LogP contribution in [-0.2, 0) is 13.1 Å². The number of likely N-dealkylation sites (tertiary alicyclic amines) is 1. The molecule has 0 radical (unpaired) electrons. The molecule has 2 atom stereocenters. The van der Waals surface area contributed by atoms with Gasteiger partial charge < -0.3 is 10.6 Å². The predicted molar refractivity (Wildman–Crippen MR) is 124 cm³/mol. The molecule has 0 saturated carbocycles. The minimum absolute atomic E-state index is 0.387. The average Bonchev–Trinajstić information content (AvgIpc) is 3.44. The molecule has 0 spiro atoms. The summed E-state index contributed by atoms with van der Waals surface area (Å²) < 4.78 is 1.89. The highest BCUT2D eigenvalue weighted by atomic mass is 15.3. The van der Waals surface area contributed by atoms with Crippen LogP contribution >= 0.6 is 0 Å². The first-order valence-corrected chi connectivity index (χ1v) is 11.0. The van der Waals surface area contributed by atoms with Gasteiger partial charge in [0.2, 0.25) is 0 Å². The molecule has 0 amide bonds. The first-order chi connectivity index (χ1) is 15.2. The van der Waals surface area contributed by atoms with E-state index in [1.54, 1.807) is 12.5 Å². The van der Waals surface area contributed by atoms with E-state index in [0.29, 0.717) is 18.6 Å². The van der Waals surface area contributed by atoms with Gasteiger partial charge in [-0.05, 0) is 37.5 Å². The lowest BCUT2D eigenvalue weighted by Gasteiger charge is -2.21. The lowest BCUT2D eigenvalue weighted by atomic mass is 10.2. The number of hydrogen-bond donors (Lipinski definition) is 2. The second-order valence-corrected chi connectivity index (χ2v) is 8.03. The molecule has 2 unspecified atom stereocenters. The monoisotopic (exact) mass is 417 g/mol. The van der Waals surface area contributed by atoms with Crippen molar-refractivity contribution in [2.45, 2.75) is 45.4 Å². The molecule has 4 rings (SSSR count). The normalized spacial score (nSPS) is 19.5. The maximum absolute atomic E-state index is 4.79. The summed E-state index contributed by atoms with van der Waals surface area (Å²) in [6.07, 6.45) is 8.37. The van der Waals surface area contributed by atoms with Gasteiger partial charge in [0.15, 0.2) is 5.96 Å². The van der Waals surface area contributed by atoms with Crippen molar-refractivity contribution in [3.05, 3.63) is 78.5 Å². The van der Waals surface area contributed by atoms with Crippen molar-refractivity contribution in [2.24, 2.45) is 4.99 Å². The summed E-state index contributed by atoms with van der Waals surface area (Å²) in [5, 5.41) is 7.01. The predicted octanol–water partition coefficient (Wildman–Crippen LogP) is 2.99. The van der Waals surface area contributed by atoms with Crippen LogP contribution in [0.3, 0.4) is 0 Å². The van der Waals surface area contributed by atoms with Gasteiger partial charge in [0.25, 0.3) is 0 Å². The topological polar surface area (TPSA) is 70.4 Å². The molecule has 0 aliphatic carbocycles. The van der Waals surface area contributed by atoms with Crippen LogP contribution in [0.15, 0.2) is 72.4 Å². The lowest BCUT2D eigenvalue weighted by Crippen LogP contribution is -2.44. The Labute approximate surface area is 184 Å². The zero-order chi connectivity index (χ0) is 21.5. The number of imidazole rings is 1. The van der Waals surface area contributed by atoms with Crippen LogP contribution in [-0.4, -0.2) is 50.6 Å². The molecule has 3 aromatic rings. The maximum Gasteiger partial charge on any atom is 0.191 e. The van der Waals surface area contributed by atoms with Crippen molar-refractivity contribution in [3.63, 3.8) is 0 Å². The number of nitrogens with zero attached hydrogens (tertiary/aromatic N) is 5. The number of hydrogen-bond acceptors (Lipinski definition) is 4. The van der Waals surface area contributed by atoms with E-state index in [1.165, 1.54) is 5.56 Å². The second kappa shape index (κ2) is 10.2. The zero-order valence-corrected chi connectivity index (χ0v) is 18.3. The van der Waals surface area contributed by atoms with Gasteiger partial charge in [-0.1, -0.05) is 36.4 Å². The van der Waals surface area contributed by atoms with E-state index in [0.717, 1.165) is 43.4 Å². The molecule has 2 aromatic heterocycles. The molecule has 0 bridgehead atoms. The minimum Gasteiger partial charge on any atom is -0.357 e. The van der Waals surface area contributed by atoms with E-state index in [2.05, 4.69) is 75.7 Å². The molecular weight excluding hydrogens is 386 g/mol. The van der Waals surface area contributed by atoms with E-state index < -0.39 is 0 Å². The van der Waals surface area contributed by atoms with Gasteiger partial charge >= 0.3 is 0 Å². The quantitative estimate of drug-likeness (QED) is 0.457. The molecule has 7 heteroatoms. The van der Waals surface area contributed by atoms with Crippen LogP contribution in [0.25, 0.3) is 5.82 Å². The Balaban J connectivity index is 1.34. The minimum atomic E-state index is 0.387. The van der Waals surface area contributed by atoms with Gasteiger partial charge in [0.1, 0.15) is 12.1 Å². The summed E-state index contributed by atoms with van der Waals surface area (Å²) in [4.78, 5) is 15.9. The Hall–Kier alpha value is -3.19. The SMILES string of the molecule is CCNC(=NCc1ccc(-n2ccnc2)nc1)NC1CC(C)N(Cc2ccccc2)C1. The molecule has 162 valence electrons. The molecule has 1 aliphatic rings. The van der Waals surface area contributed by atoms with Gasteiger partial charge in [-0.25, -0.2) is 15.0 Å². The Kier molecular flexibility index (Phi) is 6.94. The average molecular weight is 418 g/mol. The second-order valence-electron chi connectivity index (χ2n) is 8.03. The van der Waals surface area contributed by atoms with Crippen LogP contribution in [0.1, 0.15) is 31.4 Å². The number of guanidine groups is 1. The summed E-state index contributed by atoms with van der Waals surface area (Å²) in [6, 6.07) is 15.7. The van der Waals surface area contributed by atoms with Crippen LogP contribution in [0.4, 0.5) is 0 Å². The van der Waals surface area contributed by atoms with Crippen LogP contribution in [0, 0.1) is 0 Å². The number of aromatic nitrogens is 3. The summed E-state index contributed by atoms with van der Waals surface area (Å²) in [6.45, 7) is 7.83. The Morgan fingerprint density at radius 3 is 2.74 bits per heavy atom. The molecular formula is C24H31N7. The number of pyridine rings is 1. The summed E-state index contributed by atoms with van der Waals surface area (Å²) >= 11 is 0. The smallest absolute Gasteiger partial charge is 0.191 e. The number of benzene rings is 1. The number of rotatable bonds is 7. The van der Waals surface area contributed by atoms with Gasteiger partial charge in [-0.3, -0.25) is 9.47 Å². The molecule has 1 aliphatic heterocycles. The van der Waals surface area contributed by atoms with E-state index in [9.17, 15) is 0 Å². The highest BCUT2D eigenvalue weighted by Gasteiger charge is 2.29. The maximum atomic E-state index is 4.79. The molecule has 31 heavy (non-hydrogen) atoms. The van der Waals surface area contributed by atoms with Crippen molar-refractivity contribution in [1.29, 1.82) is 0 Å². The number of aliphatic imine (C=N–C) groups is 1. The van der Waals surface area contributed by atoms with Gasteiger partial charge in [-0.15, -0.1) is 0 Å². The first-order valence-electron chi connectivity index (χ1n) is 11.0. The van der Waals surface area contributed by atoms with Gasteiger partial charge in [0, 0.05) is 50.3 Å². The van der Waals surface area contributed by atoms with Crippen molar-refractivity contribution in [3.8, 4) is 5.82 Å². The Morgan fingerprint density at radius 2 is 2.03 bits per heavy atom. The fraction of sp³-hybridized carbons (Fsp3) is 0.375. The number of nitrogens with one attached hydrogen (secondary N) is 2.